The molecule has 1 amide bonds. The van der Waals surface area contributed by atoms with Gasteiger partial charge in [0.25, 0.3) is 11.6 Å². The van der Waals surface area contributed by atoms with Gasteiger partial charge in [-0.2, -0.15) is 0 Å². The fourth-order valence-corrected chi connectivity index (χ4v) is 1.78. The summed E-state index contributed by atoms with van der Waals surface area (Å²) < 4.78 is 0. The highest BCUT2D eigenvalue weighted by Gasteiger charge is 2.19. The topological polar surface area (TPSA) is 72.2 Å². The van der Waals surface area contributed by atoms with Crippen molar-refractivity contribution >= 4 is 28.9 Å². The Bertz CT molecular complexity index is 643. The first-order valence-corrected chi connectivity index (χ1v) is 5.76. The Kier molecular flexibility index (Phi) is 3.77. The molecule has 2 aromatic rings. The first kappa shape index (κ1) is 13.0. The van der Waals surface area contributed by atoms with Crippen LogP contribution in [0.3, 0.4) is 0 Å². The first-order valence-electron chi connectivity index (χ1n) is 5.38. The molecule has 6 heteroatoms. The summed E-state index contributed by atoms with van der Waals surface area (Å²) in [5.74, 6) is -0.547. The maximum Gasteiger partial charge on any atom is 0.282 e. The molecule has 0 unspecified atom stereocenters. The van der Waals surface area contributed by atoms with Gasteiger partial charge in [0.15, 0.2) is 0 Å². The molecule has 0 fully saturated rings. The van der Waals surface area contributed by atoms with Crippen LogP contribution in [0, 0.1) is 10.1 Å². The van der Waals surface area contributed by atoms with E-state index in [2.05, 4.69) is 5.32 Å². The van der Waals surface area contributed by atoms with Crippen molar-refractivity contribution in [1.29, 1.82) is 0 Å². The lowest BCUT2D eigenvalue weighted by atomic mass is 10.1. The second-order valence-corrected chi connectivity index (χ2v) is 4.18. The van der Waals surface area contributed by atoms with Crippen molar-refractivity contribution in [2.75, 3.05) is 5.32 Å². The SMILES string of the molecule is O=C(Nc1cccc(Cl)c1)c1ccccc1[N+](=O)[O-]. The maximum absolute atomic E-state index is 12.0. The summed E-state index contributed by atoms with van der Waals surface area (Å²) in [6.07, 6.45) is 0. The number of halogens is 1. The molecule has 0 saturated carbocycles. The number of amides is 1. The number of nitrogens with zero attached hydrogens (tertiary/aromatic N) is 1. The Morgan fingerprint density at radius 3 is 2.58 bits per heavy atom. The molecule has 0 bridgehead atoms. The first-order chi connectivity index (χ1) is 9.08. The summed E-state index contributed by atoms with van der Waals surface area (Å²) in [5, 5.41) is 13.9. The maximum atomic E-state index is 12.0. The lowest BCUT2D eigenvalue weighted by Gasteiger charge is -2.05. The van der Waals surface area contributed by atoms with E-state index in [1.165, 1.54) is 18.2 Å². The molecule has 0 atom stereocenters. The van der Waals surface area contributed by atoms with Gasteiger partial charge in [0.05, 0.1) is 4.92 Å². The van der Waals surface area contributed by atoms with Gasteiger partial charge in [-0.3, -0.25) is 14.9 Å². The third kappa shape index (κ3) is 3.08. The highest BCUT2D eigenvalue weighted by Crippen LogP contribution is 2.20. The van der Waals surface area contributed by atoms with Crippen LogP contribution in [0.2, 0.25) is 5.02 Å². The van der Waals surface area contributed by atoms with Crippen LogP contribution in [0.5, 0.6) is 0 Å². The summed E-state index contributed by atoms with van der Waals surface area (Å²) in [6.45, 7) is 0. The van der Waals surface area contributed by atoms with Crippen molar-refractivity contribution in [1.82, 2.24) is 0 Å². The molecule has 0 spiro atoms. The summed E-state index contributed by atoms with van der Waals surface area (Å²) in [4.78, 5) is 22.2. The fraction of sp³-hybridized carbons (Fsp3) is 0. The van der Waals surface area contributed by atoms with Crippen molar-refractivity contribution in [2.24, 2.45) is 0 Å². The second kappa shape index (κ2) is 5.49. The molecule has 0 aliphatic rings. The fourth-order valence-electron chi connectivity index (χ4n) is 1.59. The van der Waals surface area contributed by atoms with Gasteiger partial charge < -0.3 is 5.32 Å². The molecule has 96 valence electrons. The van der Waals surface area contributed by atoms with Crippen molar-refractivity contribution in [3.8, 4) is 0 Å². The molecular formula is C13H9ClN2O3. The Hall–Kier alpha value is -2.40. The van der Waals surface area contributed by atoms with Crippen LogP contribution in [0.25, 0.3) is 0 Å². The summed E-state index contributed by atoms with van der Waals surface area (Å²) in [6, 6.07) is 12.3. The Morgan fingerprint density at radius 1 is 1.16 bits per heavy atom. The lowest BCUT2D eigenvalue weighted by Crippen LogP contribution is -2.13. The van der Waals surface area contributed by atoms with E-state index in [9.17, 15) is 14.9 Å². The molecule has 1 N–H and O–H groups in total. The minimum absolute atomic E-state index is 0.00692. The number of nitrogens with one attached hydrogen (secondary N) is 1. The highest BCUT2D eigenvalue weighted by atomic mass is 35.5. The molecule has 19 heavy (non-hydrogen) atoms. The van der Waals surface area contributed by atoms with Gasteiger partial charge >= 0.3 is 0 Å². The number of anilines is 1. The van der Waals surface area contributed by atoms with E-state index in [1.54, 1.807) is 30.3 Å². The highest BCUT2D eigenvalue weighted by molar-refractivity contribution is 6.31. The number of hydrogen-bond acceptors (Lipinski definition) is 3. The number of hydrogen-bond donors (Lipinski definition) is 1. The summed E-state index contributed by atoms with van der Waals surface area (Å²) in [7, 11) is 0. The molecular weight excluding hydrogens is 268 g/mol. The minimum atomic E-state index is -0.590. The largest absolute Gasteiger partial charge is 0.322 e. The molecule has 5 nitrogen and oxygen atoms in total. The van der Waals surface area contributed by atoms with Crippen LogP contribution < -0.4 is 5.32 Å². The number of benzene rings is 2. The monoisotopic (exact) mass is 276 g/mol. The molecule has 0 heterocycles. The second-order valence-electron chi connectivity index (χ2n) is 3.74. The van der Waals surface area contributed by atoms with E-state index < -0.39 is 10.8 Å². The minimum Gasteiger partial charge on any atom is -0.322 e. The molecule has 2 rings (SSSR count). The molecule has 2 aromatic carbocycles. The van der Waals surface area contributed by atoms with Gasteiger partial charge in [-0.15, -0.1) is 0 Å². The van der Waals surface area contributed by atoms with E-state index in [4.69, 9.17) is 11.6 Å². The predicted octanol–water partition coefficient (Wildman–Crippen LogP) is 3.50. The molecule has 0 aromatic heterocycles. The zero-order valence-electron chi connectivity index (χ0n) is 9.67. The van der Waals surface area contributed by atoms with Crippen LogP contribution in [0.4, 0.5) is 11.4 Å². The van der Waals surface area contributed by atoms with E-state index in [1.807, 2.05) is 0 Å². The Labute approximate surface area is 114 Å². The number of carbonyl (C=O) groups is 1. The van der Waals surface area contributed by atoms with E-state index in [0.29, 0.717) is 10.7 Å². The van der Waals surface area contributed by atoms with Crippen molar-refractivity contribution in [3.63, 3.8) is 0 Å². The smallest absolute Gasteiger partial charge is 0.282 e. The molecule has 0 aliphatic heterocycles. The van der Waals surface area contributed by atoms with Gasteiger partial charge in [0.2, 0.25) is 0 Å². The van der Waals surface area contributed by atoms with Crippen LogP contribution in [-0.4, -0.2) is 10.8 Å². The van der Waals surface area contributed by atoms with Crippen molar-refractivity contribution < 1.29 is 9.72 Å². The van der Waals surface area contributed by atoms with Crippen LogP contribution >= 0.6 is 11.6 Å². The van der Waals surface area contributed by atoms with Gasteiger partial charge in [-0.1, -0.05) is 29.8 Å². The van der Waals surface area contributed by atoms with Crippen LogP contribution in [0.1, 0.15) is 10.4 Å². The van der Waals surface area contributed by atoms with E-state index in [0.717, 1.165) is 0 Å². The number of carbonyl (C=O) groups excluding carboxylic acids is 1. The lowest BCUT2D eigenvalue weighted by molar-refractivity contribution is -0.385. The standard InChI is InChI=1S/C13H9ClN2O3/c14-9-4-3-5-10(8-9)15-13(17)11-6-1-2-7-12(11)16(18)19/h1-8H,(H,15,17). The summed E-state index contributed by atoms with van der Waals surface area (Å²) in [5.41, 5.74) is 0.255. The summed E-state index contributed by atoms with van der Waals surface area (Å²) >= 11 is 5.80. The number of rotatable bonds is 3. The normalized spacial score (nSPS) is 9.95. The van der Waals surface area contributed by atoms with Crippen LogP contribution in [0.15, 0.2) is 48.5 Å². The van der Waals surface area contributed by atoms with Gasteiger partial charge in [-0.05, 0) is 24.3 Å². The number of nitro groups is 1. The zero-order chi connectivity index (χ0) is 13.8. The number of para-hydroxylation sites is 1. The van der Waals surface area contributed by atoms with Gasteiger partial charge in [0, 0.05) is 16.8 Å². The van der Waals surface area contributed by atoms with Crippen molar-refractivity contribution in [2.45, 2.75) is 0 Å². The average molecular weight is 277 g/mol. The van der Waals surface area contributed by atoms with Gasteiger partial charge in [0.1, 0.15) is 5.56 Å². The zero-order valence-corrected chi connectivity index (χ0v) is 10.4. The molecule has 0 radical (unpaired) electrons. The Morgan fingerprint density at radius 2 is 1.89 bits per heavy atom. The Balaban J connectivity index is 2.28. The van der Waals surface area contributed by atoms with Crippen molar-refractivity contribution in [3.05, 3.63) is 69.2 Å². The molecule has 0 aliphatic carbocycles. The number of nitro benzene ring substituents is 1. The average Bonchev–Trinajstić information content (AvgIpc) is 2.38. The quantitative estimate of drug-likeness (QED) is 0.689. The predicted molar refractivity (Wildman–Crippen MR) is 72.5 cm³/mol. The van der Waals surface area contributed by atoms with Gasteiger partial charge in [-0.25, -0.2) is 0 Å². The van der Waals surface area contributed by atoms with E-state index >= 15 is 0 Å². The van der Waals surface area contributed by atoms with Crippen LogP contribution in [-0.2, 0) is 0 Å². The third-order valence-electron chi connectivity index (χ3n) is 2.43. The van der Waals surface area contributed by atoms with E-state index in [-0.39, 0.29) is 11.3 Å². The molecule has 0 saturated heterocycles. The third-order valence-corrected chi connectivity index (χ3v) is 2.66.